The van der Waals surface area contributed by atoms with Crippen LogP contribution in [0, 0.1) is 5.92 Å². The lowest BCUT2D eigenvalue weighted by Crippen LogP contribution is -2.37. The van der Waals surface area contributed by atoms with Gasteiger partial charge in [0.15, 0.2) is 0 Å². The highest BCUT2D eigenvalue weighted by molar-refractivity contribution is 5.48. The lowest BCUT2D eigenvalue weighted by molar-refractivity contribution is 0.349. The fraction of sp³-hybridized carbons (Fsp3) is 0.571. The molecular formula is C21H27N7O. The van der Waals surface area contributed by atoms with E-state index in [2.05, 4.69) is 44.9 Å². The van der Waals surface area contributed by atoms with Gasteiger partial charge in [0.25, 0.3) is 11.3 Å². The third-order valence-corrected chi connectivity index (χ3v) is 6.13. The van der Waals surface area contributed by atoms with Crippen molar-refractivity contribution in [3.8, 4) is 0 Å². The molecule has 1 aliphatic heterocycles. The summed E-state index contributed by atoms with van der Waals surface area (Å²) in [4.78, 5) is 28.2. The minimum absolute atomic E-state index is 0.0874. The number of piperidine rings is 1. The maximum absolute atomic E-state index is 12.4. The van der Waals surface area contributed by atoms with Crippen LogP contribution in [0.25, 0.3) is 5.78 Å². The molecule has 8 nitrogen and oxygen atoms in total. The average Bonchev–Trinajstić information content (AvgIpc) is 3.46. The molecule has 2 fully saturated rings. The molecule has 0 atom stereocenters. The van der Waals surface area contributed by atoms with Crippen molar-refractivity contribution in [1.82, 2.24) is 29.1 Å². The maximum atomic E-state index is 12.4. The zero-order valence-corrected chi connectivity index (χ0v) is 17.0. The Kier molecular flexibility index (Phi) is 4.56. The van der Waals surface area contributed by atoms with E-state index >= 15 is 0 Å². The van der Waals surface area contributed by atoms with E-state index in [9.17, 15) is 4.79 Å². The van der Waals surface area contributed by atoms with E-state index in [1.165, 1.54) is 12.8 Å². The van der Waals surface area contributed by atoms with Crippen LogP contribution in [-0.2, 0) is 6.54 Å². The Hall–Kier alpha value is -2.77. The zero-order chi connectivity index (χ0) is 20.0. The van der Waals surface area contributed by atoms with E-state index in [1.54, 1.807) is 23.3 Å². The lowest BCUT2D eigenvalue weighted by atomic mass is 9.96. The normalized spacial score (nSPS) is 18.1. The first kappa shape index (κ1) is 18.3. The summed E-state index contributed by atoms with van der Waals surface area (Å²) in [5, 5.41) is 4.37. The SMILES string of the molecule is CC(C)c1cc(N2CCC(Cn3cnc(C4CC4)cc3=O)CC2)n2ncnc2n1. The summed E-state index contributed by atoms with van der Waals surface area (Å²) in [7, 11) is 0. The maximum Gasteiger partial charge on any atom is 0.254 e. The molecule has 1 saturated carbocycles. The predicted octanol–water partition coefficient (Wildman–Crippen LogP) is 2.60. The van der Waals surface area contributed by atoms with Crippen molar-refractivity contribution in [2.75, 3.05) is 18.0 Å². The van der Waals surface area contributed by atoms with Gasteiger partial charge in [-0.2, -0.15) is 14.6 Å². The van der Waals surface area contributed by atoms with Crippen molar-refractivity contribution in [2.45, 2.75) is 57.9 Å². The van der Waals surface area contributed by atoms with Crippen molar-refractivity contribution >= 4 is 11.6 Å². The molecule has 29 heavy (non-hydrogen) atoms. The van der Waals surface area contributed by atoms with Crippen LogP contribution in [0.15, 0.2) is 29.6 Å². The van der Waals surface area contributed by atoms with Crippen LogP contribution in [0.2, 0.25) is 0 Å². The average molecular weight is 393 g/mol. The largest absolute Gasteiger partial charge is 0.356 e. The van der Waals surface area contributed by atoms with Crippen LogP contribution in [0.4, 0.5) is 5.82 Å². The highest BCUT2D eigenvalue weighted by atomic mass is 16.1. The molecule has 0 unspecified atom stereocenters. The molecule has 2 aliphatic rings. The molecule has 0 spiro atoms. The molecule has 0 N–H and O–H groups in total. The molecule has 8 heteroatoms. The smallest absolute Gasteiger partial charge is 0.254 e. The molecule has 152 valence electrons. The molecular weight excluding hydrogens is 366 g/mol. The van der Waals surface area contributed by atoms with Crippen LogP contribution in [0.3, 0.4) is 0 Å². The summed E-state index contributed by atoms with van der Waals surface area (Å²) >= 11 is 0. The number of rotatable bonds is 5. The Balaban J connectivity index is 1.29. The molecule has 3 aromatic rings. The quantitative estimate of drug-likeness (QED) is 0.663. The molecule has 1 aliphatic carbocycles. The van der Waals surface area contributed by atoms with Gasteiger partial charge in [-0.1, -0.05) is 13.8 Å². The number of nitrogens with zero attached hydrogens (tertiary/aromatic N) is 7. The number of fused-ring (bicyclic) bond motifs is 1. The second kappa shape index (κ2) is 7.24. The highest BCUT2D eigenvalue weighted by Gasteiger charge is 2.26. The fourth-order valence-electron chi connectivity index (χ4n) is 4.14. The third-order valence-electron chi connectivity index (χ3n) is 6.13. The van der Waals surface area contributed by atoms with E-state index in [-0.39, 0.29) is 5.56 Å². The molecule has 0 radical (unpaired) electrons. The van der Waals surface area contributed by atoms with Gasteiger partial charge in [0, 0.05) is 37.7 Å². The molecule has 4 heterocycles. The van der Waals surface area contributed by atoms with Gasteiger partial charge in [0.05, 0.1) is 17.7 Å². The van der Waals surface area contributed by atoms with Gasteiger partial charge in [-0.3, -0.25) is 9.36 Å². The summed E-state index contributed by atoms with van der Waals surface area (Å²) in [5.41, 5.74) is 2.09. The topological polar surface area (TPSA) is 81.2 Å². The van der Waals surface area contributed by atoms with Crippen molar-refractivity contribution in [3.05, 3.63) is 46.5 Å². The summed E-state index contributed by atoms with van der Waals surface area (Å²) in [6.45, 7) is 6.90. The molecule has 5 rings (SSSR count). The van der Waals surface area contributed by atoms with Crippen molar-refractivity contribution in [2.24, 2.45) is 5.92 Å². The van der Waals surface area contributed by atoms with Gasteiger partial charge in [0.2, 0.25) is 0 Å². The van der Waals surface area contributed by atoms with Gasteiger partial charge in [0.1, 0.15) is 12.1 Å². The summed E-state index contributed by atoms with van der Waals surface area (Å²) < 4.78 is 3.61. The van der Waals surface area contributed by atoms with E-state index in [4.69, 9.17) is 0 Å². The van der Waals surface area contributed by atoms with Crippen LogP contribution < -0.4 is 10.5 Å². The van der Waals surface area contributed by atoms with Gasteiger partial charge in [-0.05, 0) is 37.5 Å². The van der Waals surface area contributed by atoms with Gasteiger partial charge in [-0.15, -0.1) is 0 Å². The van der Waals surface area contributed by atoms with E-state index in [0.29, 0.717) is 23.5 Å². The van der Waals surface area contributed by atoms with Crippen LogP contribution in [-0.4, -0.2) is 42.2 Å². The first-order valence-electron chi connectivity index (χ1n) is 10.6. The Labute approximate surface area is 169 Å². The third kappa shape index (κ3) is 3.63. The van der Waals surface area contributed by atoms with Crippen molar-refractivity contribution in [3.63, 3.8) is 0 Å². The predicted molar refractivity (Wildman–Crippen MR) is 110 cm³/mol. The number of aromatic nitrogens is 6. The minimum Gasteiger partial charge on any atom is -0.356 e. The summed E-state index contributed by atoms with van der Waals surface area (Å²) in [5.74, 6) is 3.05. The number of hydrogen-bond acceptors (Lipinski definition) is 6. The Morgan fingerprint density at radius 3 is 2.59 bits per heavy atom. The monoisotopic (exact) mass is 393 g/mol. The zero-order valence-electron chi connectivity index (χ0n) is 17.0. The van der Waals surface area contributed by atoms with Crippen LogP contribution in [0.1, 0.15) is 62.8 Å². The standard InChI is InChI=1S/C21H27N7O/c1-14(2)17-9-19(28-21(25-17)22-12-24-28)26-7-5-15(6-8-26)11-27-13-23-18(10-20(27)29)16-3-4-16/h9-10,12-16H,3-8,11H2,1-2H3. The Bertz CT molecular complexity index is 1070. The van der Waals surface area contributed by atoms with Crippen molar-refractivity contribution < 1.29 is 0 Å². The minimum atomic E-state index is 0.0874. The molecule has 3 aromatic heterocycles. The molecule has 1 saturated heterocycles. The number of anilines is 1. The van der Waals surface area contributed by atoms with E-state index in [0.717, 1.165) is 49.7 Å². The van der Waals surface area contributed by atoms with Crippen LogP contribution in [0.5, 0.6) is 0 Å². The lowest BCUT2D eigenvalue weighted by Gasteiger charge is -2.33. The molecule has 0 bridgehead atoms. The number of hydrogen-bond donors (Lipinski definition) is 0. The second-order valence-corrected chi connectivity index (χ2v) is 8.67. The van der Waals surface area contributed by atoms with E-state index in [1.807, 2.05) is 4.52 Å². The molecule has 0 amide bonds. The Morgan fingerprint density at radius 1 is 1.10 bits per heavy atom. The molecule has 0 aromatic carbocycles. The Morgan fingerprint density at radius 2 is 1.90 bits per heavy atom. The summed E-state index contributed by atoms with van der Waals surface area (Å²) in [6.07, 6.45) is 7.72. The highest BCUT2D eigenvalue weighted by Crippen LogP contribution is 2.38. The van der Waals surface area contributed by atoms with Crippen molar-refractivity contribution in [1.29, 1.82) is 0 Å². The van der Waals surface area contributed by atoms with Crippen LogP contribution >= 0.6 is 0 Å². The first-order chi connectivity index (χ1) is 14.1. The second-order valence-electron chi connectivity index (χ2n) is 8.67. The first-order valence-corrected chi connectivity index (χ1v) is 10.6. The summed E-state index contributed by atoms with van der Waals surface area (Å²) in [6, 6.07) is 3.87. The van der Waals surface area contributed by atoms with Gasteiger partial charge < -0.3 is 4.90 Å². The van der Waals surface area contributed by atoms with Gasteiger partial charge in [-0.25, -0.2) is 9.97 Å². The van der Waals surface area contributed by atoms with E-state index < -0.39 is 0 Å². The van der Waals surface area contributed by atoms with Gasteiger partial charge >= 0.3 is 0 Å². The fourth-order valence-corrected chi connectivity index (χ4v) is 4.14.